The summed E-state index contributed by atoms with van der Waals surface area (Å²) in [5.41, 5.74) is -0.0593. The Labute approximate surface area is 125 Å². The first-order valence-electron chi connectivity index (χ1n) is 6.89. The molecular weight excluding hydrogens is 281 g/mol. The molecule has 1 aliphatic carbocycles. The van der Waals surface area contributed by atoms with Gasteiger partial charge in [0.15, 0.2) is 0 Å². The molecule has 2 rings (SSSR count). The third kappa shape index (κ3) is 3.77. The zero-order chi connectivity index (χ0) is 13.9. The van der Waals surface area contributed by atoms with Crippen LogP contribution in [0.25, 0.3) is 0 Å². The minimum atomic E-state index is -0.0593. The Morgan fingerprint density at radius 2 is 2.05 bits per heavy atom. The summed E-state index contributed by atoms with van der Waals surface area (Å²) in [6.07, 6.45) is 4.42. The molecule has 0 saturated heterocycles. The van der Waals surface area contributed by atoms with Gasteiger partial charge in [-0.25, -0.2) is 0 Å². The summed E-state index contributed by atoms with van der Waals surface area (Å²) in [6.45, 7) is 5.28. The van der Waals surface area contributed by atoms with Gasteiger partial charge in [0, 0.05) is 6.04 Å². The maximum atomic E-state index is 6.19. The Morgan fingerprint density at radius 1 is 1.32 bits per heavy atom. The van der Waals surface area contributed by atoms with Crippen LogP contribution >= 0.6 is 23.2 Å². The highest BCUT2D eigenvalue weighted by molar-refractivity contribution is 6.42. The van der Waals surface area contributed by atoms with Gasteiger partial charge in [-0.2, -0.15) is 0 Å². The Morgan fingerprint density at radius 3 is 2.63 bits per heavy atom. The standard InChI is InChI=1S/C15H21Cl2NO/c1-11(2)18-10-9-15(7-4-8-15)19-13-6-3-5-12(16)14(13)17/h3,5-6,11,18H,4,7-10H2,1-2H3. The van der Waals surface area contributed by atoms with Gasteiger partial charge in [0.05, 0.1) is 5.02 Å². The fourth-order valence-corrected chi connectivity index (χ4v) is 2.69. The van der Waals surface area contributed by atoms with Gasteiger partial charge in [-0.1, -0.05) is 43.1 Å². The van der Waals surface area contributed by atoms with Crippen molar-refractivity contribution in [2.24, 2.45) is 0 Å². The van der Waals surface area contributed by atoms with Gasteiger partial charge in [0.25, 0.3) is 0 Å². The molecule has 1 aromatic rings. The smallest absolute Gasteiger partial charge is 0.140 e. The number of ether oxygens (including phenoxy) is 1. The van der Waals surface area contributed by atoms with Crippen LogP contribution in [-0.4, -0.2) is 18.2 Å². The normalized spacial score (nSPS) is 17.3. The number of hydrogen-bond donors (Lipinski definition) is 1. The van der Waals surface area contributed by atoms with Gasteiger partial charge >= 0.3 is 0 Å². The van der Waals surface area contributed by atoms with E-state index in [4.69, 9.17) is 27.9 Å². The van der Waals surface area contributed by atoms with Crippen molar-refractivity contribution in [1.82, 2.24) is 5.32 Å². The van der Waals surface area contributed by atoms with E-state index in [0.717, 1.165) is 25.8 Å². The minimum Gasteiger partial charge on any atom is -0.486 e. The van der Waals surface area contributed by atoms with Crippen LogP contribution in [0.3, 0.4) is 0 Å². The highest BCUT2D eigenvalue weighted by Crippen LogP contribution is 2.42. The third-order valence-electron chi connectivity index (χ3n) is 3.64. The molecule has 106 valence electrons. The van der Waals surface area contributed by atoms with Gasteiger partial charge in [0.2, 0.25) is 0 Å². The second-order valence-corrected chi connectivity index (χ2v) is 6.33. The predicted octanol–water partition coefficient (Wildman–Crippen LogP) is 4.68. The van der Waals surface area contributed by atoms with Crippen LogP contribution in [0.4, 0.5) is 0 Å². The average Bonchev–Trinajstić information content (AvgIpc) is 2.31. The van der Waals surface area contributed by atoms with E-state index in [1.165, 1.54) is 6.42 Å². The van der Waals surface area contributed by atoms with Gasteiger partial charge in [-0.3, -0.25) is 0 Å². The molecule has 0 unspecified atom stereocenters. The zero-order valence-electron chi connectivity index (χ0n) is 11.5. The van der Waals surface area contributed by atoms with Crippen molar-refractivity contribution in [1.29, 1.82) is 0 Å². The van der Waals surface area contributed by atoms with Crippen molar-refractivity contribution in [2.75, 3.05) is 6.54 Å². The zero-order valence-corrected chi connectivity index (χ0v) is 13.0. The molecule has 1 aliphatic rings. The first kappa shape index (κ1) is 15.0. The maximum Gasteiger partial charge on any atom is 0.140 e. The van der Waals surface area contributed by atoms with E-state index in [-0.39, 0.29) is 5.60 Å². The van der Waals surface area contributed by atoms with Crippen LogP contribution in [-0.2, 0) is 0 Å². The molecule has 0 aliphatic heterocycles. The Kier molecular flexibility index (Phi) is 4.99. The highest BCUT2D eigenvalue weighted by atomic mass is 35.5. The molecule has 0 spiro atoms. The average molecular weight is 302 g/mol. The van der Waals surface area contributed by atoms with Crippen LogP contribution in [0.5, 0.6) is 5.75 Å². The van der Waals surface area contributed by atoms with E-state index in [0.29, 0.717) is 21.8 Å². The summed E-state index contributed by atoms with van der Waals surface area (Å²) < 4.78 is 6.17. The lowest BCUT2D eigenvalue weighted by Crippen LogP contribution is -2.46. The van der Waals surface area contributed by atoms with Crippen molar-refractivity contribution < 1.29 is 4.74 Å². The molecule has 4 heteroatoms. The predicted molar refractivity (Wildman–Crippen MR) is 81.4 cm³/mol. The van der Waals surface area contributed by atoms with Crippen LogP contribution in [0.1, 0.15) is 39.5 Å². The van der Waals surface area contributed by atoms with Crippen molar-refractivity contribution in [3.05, 3.63) is 28.2 Å². The number of rotatable bonds is 6. The fourth-order valence-electron chi connectivity index (χ4n) is 2.36. The molecule has 0 radical (unpaired) electrons. The Bertz CT molecular complexity index is 430. The largest absolute Gasteiger partial charge is 0.486 e. The number of nitrogens with one attached hydrogen (secondary N) is 1. The highest BCUT2D eigenvalue weighted by Gasteiger charge is 2.39. The van der Waals surface area contributed by atoms with Crippen LogP contribution in [0, 0.1) is 0 Å². The van der Waals surface area contributed by atoms with Crippen LogP contribution in [0.2, 0.25) is 10.0 Å². The first-order valence-corrected chi connectivity index (χ1v) is 7.64. The summed E-state index contributed by atoms with van der Waals surface area (Å²) in [5.74, 6) is 0.707. The van der Waals surface area contributed by atoms with E-state index >= 15 is 0 Å². The van der Waals surface area contributed by atoms with E-state index in [1.54, 1.807) is 6.07 Å². The van der Waals surface area contributed by atoms with E-state index in [2.05, 4.69) is 19.2 Å². The van der Waals surface area contributed by atoms with Gasteiger partial charge in [-0.05, 0) is 44.4 Å². The van der Waals surface area contributed by atoms with Gasteiger partial charge in [0.1, 0.15) is 16.4 Å². The van der Waals surface area contributed by atoms with E-state index < -0.39 is 0 Å². The lowest BCUT2D eigenvalue weighted by atomic mass is 9.77. The number of hydrogen-bond acceptors (Lipinski definition) is 2. The summed E-state index contributed by atoms with van der Waals surface area (Å²) in [6, 6.07) is 6.06. The summed E-state index contributed by atoms with van der Waals surface area (Å²) in [5, 5.41) is 4.51. The number of benzene rings is 1. The molecule has 0 amide bonds. The lowest BCUT2D eigenvalue weighted by Gasteiger charge is -2.42. The van der Waals surface area contributed by atoms with E-state index in [9.17, 15) is 0 Å². The molecule has 0 heterocycles. The number of halogens is 2. The molecule has 0 aromatic heterocycles. The molecule has 1 aromatic carbocycles. The molecule has 1 fully saturated rings. The Hall–Kier alpha value is -0.440. The van der Waals surface area contributed by atoms with Crippen LogP contribution in [0.15, 0.2) is 18.2 Å². The topological polar surface area (TPSA) is 21.3 Å². The lowest BCUT2D eigenvalue weighted by molar-refractivity contribution is -0.0144. The van der Waals surface area contributed by atoms with E-state index in [1.807, 2.05) is 12.1 Å². The van der Waals surface area contributed by atoms with Crippen molar-refractivity contribution >= 4 is 23.2 Å². The molecule has 2 nitrogen and oxygen atoms in total. The minimum absolute atomic E-state index is 0.0593. The van der Waals surface area contributed by atoms with Crippen molar-refractivity contribution in [3.63, 3.8) is 0 Å². The molecule has 0 bridgehead atoms. The SMILES string of the molecule is CC(C)NCCC1(Oc2cccc(Cl)c2Cl)CCC1. The summed E-state index contributed by atoms with van der Waals surface area (Å²) in [4.78, 5) is 0. The monoisotopic (exact) mass is 301 g/mol. The quantitative estimate of drug-likeness (QED) is 0.823. The second kappa shape index (κ2) is 6.34. The third-order valence-corrected chi connectivity index (χ3v) is 4.44. The summed E-state index contributed by atoms with van der Waals surface area (Å²) >= 11 is 12.2. The van der Waals surface area contributed by atoms with Crippen molar-refractivity contribution in [3.8, 4) is 5.75 Å². The van der Waals surface area contributed by atoms with Crippen molar-refractivity contribution in [2.45, 2.75) is 51.2 Å². The molecule has 1 saturated carbocycles. The second-order valence-electron chi connectivity index (χ2n) is 5.55. The molecule has 0 atom stereocenters. The molecular formula is C15H21Cl2NO. The Balaban J connectivity index is 2.00. The van der Waals surface area contributed by atoms with Crippen LogP contribution < -0.4 is 10.1 Å². The maximum absolute atomic E-state index is 6.19. The van der Waals surface area contributed by atoms with Gasteiger partial charge < -0.3 is 10.1 Å². The fraction of sp³-hybridized carbons (Fsp3) is 0.600. The summed E-state index contributed by atoms with van der Waals surface area (Å²) in [7, 11) is 0. The molecule has 1 N–H and O–H groups in total. The molecule has 19 heavy (non-hydrogen) atoms. The van der Waals surface area contributed by atoms with Gasteiger partial charge in [-0.15, -0.1) is 0 Å². The first-order chi connectivity index (χ1) is 9.02.